The third kappa shape index (κ3) is 8.65. The molecule has 1 heterocycles. The molecule has 0 aromatic heterocycles. The molecule has 14 heteroatoms. The average Bonchev–Trinajstić information content (AvgIpc) is 3.05. The van der Waals surface area contributed by atoms with Crippen LogP contribution in [0.25, 0.3) is 0 Å². The number of benzene rings is 1. The molecular weight excluding hydrogens is 598 g/mol. The van der Waals surface area contributed by atoms with Gasteiger partial charge in [-0.1, -0.05) is 36.4 Å². The first kappa shape index (κ1) is 36.1. The summed E-state index contributed by atoms with van der Waals surface area (Å²) in [4.78, 5) is 80.4. The number of carbonyl (C=O) groups excluding carboxylic acids is 6. The van der Waals surface area contributed by atoms with Crippen molar-refractivity contribution in [2.75, 3.05) is 61.1 Å². The second kappa shape index (κ2) is 16.2. The van der Waals surface area contributed by atoms with Gasteiger partial charge in [0.2, 0.25) is 17.6 Å². The number of piperazine rings is 1. The summed E-state index contributed by atoms with van der Waals surface area (Å²) in [6, 6.07) is 4.90. The Labute approximate surface area is 268 Å². The Morgan fingerprint density at radius 1 is 1.04 bits per heavy atom. The van der Waals surface area contributed by atoms with Gasteiger partial charge in [-0.15, -0.1) is 0 Å². The quantitative estimate of drug-likeness (QED) is 0.150. The summed E-state index contributed by atoms with van der Waals surface area (Å²) < 4.78 is 15.4. The molecule has 0 radical (unpaired) electrons. The predicted octanol–water partition coefficient (Wildman–Crippen LogP) is -0.551. The predicted molar refractivity (Wildman–Crippen MR) is 166 cm³/mol. The van der Waals surface area contributed by atoms with E-state index in [0.29, 0.717) is 18.5 Å². The molecular formula is C32H43N5O9. The number of amides is 3. The zero-order valence-corrected chi connectivity index (χ0v) is 26.7. The highest BCUT2D eigenvalue weighted by Gasteiger charge is 2.42. The van der Waals surface area contributed by atoms with Crippen LogP contribution in [0, 0.1) is 5.92 Å². The number of rotatable bonds is 14. The number of esters is 2. The number of ether oxygens (including phenoxy) is 3. The number of ketones is 1. The van der Waals surface area contributed by atoms with Gasteiger partial charge in [-0.3, -0.25) is 28.8 Å². The van der Waals surface area contributed by atoms with E-state index in [9.17, 15) is 28.8 Å². The Morgan fingerprint density at radius 2 is 1.72 bits per heavy atom. The first-order chi connectivity index (χ1) is 21.9. The van der Waals surface area contributed by atoms with Gasteiger partial charge in [-0.2, -0.15) is 0 Å². The molecule has 4 N–H and O–H groups in total. The fourth-order valence-corrected chi connectivity index (χ4v) is 5.29. The third-order valence-electron chi connectivity index (χ3n) is 8.02. The Kier molecular flexibility index (Phi) is 12.7. The number of methoxy groups -OCH3 is 2. The number of nitrogens with zero attached hydrogens (tertiary/aromatic N) is 3. The highest BCUT2D eigenvalue weighted by molar-refractivity contribution is 6.06. The molecule has 1 aromatic carbocycles. The topological polar surface area (TPSA) is 192 Å². The molecule has 1 aliphatic carbocycles. The zero-order chi connectivity index (χ0) is 34.0. The van der Waals surface area contributed by atoms with E-state index >= 15 is 0 Å². The highest BCUT2D eigenvalue weighted by Crippen LogP contribution is 2.30. The van der Waals surface area contributed by atoms with Crippen molar-refractivity contribution in [3.63, 3.8) is 0 Å². The Hall–Kier alpha value is -4.40. The molecule has 1 saturated heterocycles. The molecule has 0 unspecified atom stereocenters. The van der Waals surface area contributed by atoms with Crippen LogP contribution in [0.1, 0.15) is 28.8 Å². The molecule has 0 spiro atoms. The maximum atomic E-state index is 13.6. The van der Waals surface area contributed by atoms with E-state index < -0.39 is 66.9 Å². The largest absolute Gasteiger partial charge is 0.469 e. The molecule has 1 aliphatic heterocycles. The second-order valence-electron chi connectivity index (χ2n) is 11.3. The van der Waals surface area contributed by atoms with Crippen LogP contribution >= 0.6 is 0 Å². The van der Waals surface area contributed by atoms with Gasteiger partial charge in [0.1, 0.15) is 12.6 Å². The summed E-state index contributed by atoms with van der Waals surface area (Å²) in [5.41, 5.74) is 12.0. The smallest absolute Gasteiger partial charge is 0.326 e. The maximum Gasteiger partial charge on any atom is 0.326 e. The fraction of sp³-hybridized carbons (Fsp3) is 0.500. The van der Waals surface area contributed by atoms with Gasteiger partial charge in [-0.05, 0) is 43.0 Å². The van der Waals surface area contributed by atoms with Crippen molar-refractivity contribution in [3.05, 3.63) is 59.7 Å². The van der Waals surface area contributed by atoms with E-state index in [2.05, 4.69) is 0 Å². The molecule has 0 saturated carbocycles. The van der Waals surface area contributed by atoms with E-state index in [4.69, 9.17) is 25.7 Å². The Morgan fingerprint density at radius 3 is 2.33 bits per heavy atom. The van der Waals surface area contributed by atoms with E-state index in [1.54, 1.807) is 36.4 Å². The number of allylic oxidation sites excluding steroid dienone is 2. The molecule has 250 valence electrons. The first-order valence-electron chi connectivity index (χ1n) is 14.9. The van der Waals surface area contributed by atoms with Crippen LogP contribution in [0.5, 0.6) is 0 Å². The monoisotopic (exact) mass is 641 g/mol. The molecule has 14 nitrogen and oxygen atoms in total. The van der Waals surface area contributed by atoms with Crippen molar-refractivity contribution in [2.24, 2.45) is 17.4 Å². The van der Waals surface area contributed by atoms with E-state index in [0.717, 1.165) is 12.7 Å². The molecule has 0 bridgehead atoms. The molecule has 1 aromatic rings. The van der Waals surface area contributed by atoms with Crippen molar-refractivity contribution < 1.29 is 43.0 Å². The lowest BCUT2D eigenvalue weighted by Gasteiger charge is -2.41. The minimum atomic E-state index is -1.34. The molecule has 2 atom stereocenters. The third-order valence-corrected chi connectivity index (χ3v) is 8.02. The Balaban J connectivity index is 1.68. The number of Topliss-reactive ketones (excluding diaryl/α,β-unsaturated/α-hetero) is 1. The number of hydrogen-bond donors (Lipinski definition) is 2. The lowest BCUT2D eigenvalue weighted by molar-refractivity contribution is -0.161. The van der Waals surface area contributed by atoms with Gasteiger partial charge < -0.3 is 40.4 Å². The molecule has 2 aliphatic rings. The zero-order valence-electron chi connectivity index (χ0n) is 26.7. The summed E-state index contributed by atoms with van der Waals surface area (Å²) in [6.45, 7) is -0.566. The molecule has 3 amide bonds. The first-order valence-corrected chi connectivity index (χ1v) is 14.9. The van der Waals surface area contributed by atoms with Crippen LogP contribution in [-0.4, -0.2) is 129 Å². The highest BCUT2D eigenvalue weighted by atomic mass is 16.5. The minimum Gasteiger partial charge on any atom is -0.469 e. The summed E-state index contributed by atoms with van der Waals surface area (Å²) in [6.07, 6.45) is 7.03. The van der Waals surface area contributed by atoms with Gasteiger partial charge in [0, 0.05) is 39.9 Å². The van der Waals surface area contributed by atoms with Gasteiger partial charge in [0.25, 0.3) is 5.91 Å². The van der Waals surface area contributed by atoms with Crippen LogP contribution < -0.4 is 11.5 Å². The fourth-order valence-electron chi connectivity index (χ4n) is 5.29. The van der Waals surface area contributed by atoms with Crippen molar-refractivity contribution in [2.45, 2.75) is 36.9 Å². The SMILES string of the molecule is COC(=O)C[C@H]1C(=O)N(CC(=O)OCC(=O)N(C)C)CCN1C(=O)[C@@H](N)CC1C=CC(OC)(C(=O)c2ccccc2CCN)C=C1. The van der Waals surface area contributed by atoms with Crippen molar-refractivity contribution >= 4 is 35.4 Å². The van der Waals surface area contributed by atoms with Gasteiger partial charge in [0.05, 0.1) is 19.6 Å². The average molecular weight is 642 g/mol. The van der Waals surface area contributed by atoms with E-state index in [1.807, 2.05) is 12.1 Å². The van der Waals surface area contributed by atoms with Gasteiger partial charge in [-0.25, -0.2) is 0 Å². The lowest BCUT2D eigenvalue weighted by Crippen LogP contribution is -2.62. The van der Waals surface area contributed by atoms with Gasteiger partial charge >= 0.3 is 11.9 Å². The maximum absolute atomic E-state index is 13.6. The molecule has 1 fully saturated rings. The number of likely N-dealkylation sites (N-methyl/N-ethyl adjacent to an activating group) is 1. The minimum absolute atomic E-state index is 0.00366. The number of hydrogen-bond acceptors (Lipinski definition) is 11. The summed E-state index contributed by atoms with van der Waals surface area (Å²) in [5, 5.41) is 0. The lowest BCUT2D eigenvalue weighted by atomic mass is 9.82. The van der Waals surface area contributed by atoms with Crippen LogP contribution in [0.15, 0.2) is 48.6 Å². The number of nitrogens with two attached hydrogens (primary N) is 2. The van der Waals surface area contributed by atoms with Gasteiger partial charge in [0.15, 0.2) is 12.2 Å². The molecule has 46 heavy (non-hydrogen) atoms. The normalized spacial score (nSPS) is 21.5. The van der Waals surface area contributed by atoms with Crippen molar-refractivity contribution in [3.8, 4) is 0 Å². The Bertz CT molecular complexity index is 1360. The van der Waals surface area contributed by atoms with Crippen LogP contribution in [0.3, 0.4) is 0 Å². The molecule has 3 rings (SSSR count). The van der Waals surface area contributed by atoms with E-state index in [1.165, 1.54) is 35.9 Å². The van der Waals surface area contributed by atoms with E-state index in [-0.39, 0.29) is 31.2 Å². The standard InChI is InChI=1S/C32H43N5O9/c1-35(2)26(38)20-46-28(40)19-36-15-16-37(25(31(36)43)18-27(39)44-3)30(42)24(34)17-21-9-12-32(45-4,13-10-21)29(41)23-8-6-5-7-22(23)11-14-33/h5-10,12-13,21,24-25H,11,14-20,33-34H2,1-4H3/t21?,24-,25-,32?/m0/s1. The summed E-state index contributed by atoms with van der Waals surface area (Å²) >= 11 is 0. The van der Waals surface area contributed by atoms with Crippen molar-refractivity contribution in [1.82, 2.24) is 14.7 Å². The second-order valence-corrected chi connectivity index (χ2v) is 11.3. The summed E-state index contributed by atoms with van der Waals surface area (Å²) in [7, 11) is 5.62. The van der Waals surface area contributed by atoms with Crippen LogP contribution in [0.4, 0.5) is 0 Å². The van der Waals surface area contributed by atoms with Crippen LogP contribution in [-0.2, 0) is 44.6 Å². The summed E-state index contributed by atoms with van der Waals surface area (Å²) in [5.74, 6) is -3.74. The number of carbonyl (C=O) groups is 6. The van der Waals surface area contributed by atoms with Crippen molar-refractivity contribution in [1.29, 1.82) is 0 Å². The van der Waals surface area contributed by atoms with Crippen LogP contribution in [0.2, 0.25) is 0 Å².